The molecule has 1 aromatic heterocycles. The summed E-state index contributed by atoms with van der Waals surface area (Å²) in [7, 11) is 0. The smallest absolute Gasteiger partial charge is 0.319 e. The number of para-hydroxylation sites is 2. The van der Waals surface area contributed by atoms with E-state index in [9.17, 15) is 9.59 Å². The molecule has 3 amide bonds. The molecule has 7 heteroatoms. The molecule has 0 atom stereocenters. The zero-order valence-corrected chi connectivity index (χ0v) is 17.3. The van der Waals surface area contributed by atoms with Crippen LogP contribution < -0.4 is 16.0 Å². The Bertz CT molecular complexity index is 970. The second kappa shape index (κ2) is 9.84. The minimum absolute atomic E-state index is 0.0199. The number of amides is 3. The summed E-state index contributed by atoms with van der Waals surface area (Å²) in [5, 5.41) is 11.3. The van der Waals surface area contributed by atoms with Crippen LogP contribution in [0.25, 0.3) is 0 Å². The van der Waals surface area contributed by atoms with E-state index in [1.807, 2.05) is 43.5 Å². The number of nitrogens with zero attached hydrogens (tertiary/aromatic N) is 1. The molecule has 3 rings (SSSR count). The Kier molecular flexibility index (Phi) is 6.97. The zero-order valence-electron chi connectivity index (χ0n) is 16.4. The molecule has 0 spiro atoms. The van der Waals surface area contributed by atoms with Crippen molar-refractivity contribution < 1.29 is 9.59 Å². The minimum Gasteiger partial charge on any atom is -0.336 e. The monoisotopic (exact) mass is 408 g/mol. The number of anilines is 2. The van der Waals surface area contributed by atoms with Crippen LogP contribution in [0.15, 0.2) is 60.0 Å². The van der Waals surface area contributed by atoms with Crippen molar-refractivity contribution in [1.29, 1.82) is 0 Å². The number of rotatable bonds is 7. The highest BCUT2D eigenvalue weighted by atomic mass is 32.1. The average molecular weight is 409 g/mol. The number of hydrogen-bond donors (Lipinski definition) is 3. The van der Waals surface area contributed by atoms with Crippen molar-refractivity contribution in [3.63, 3.8) is 0 Å². The van der Waals surface area contributed by atoms with Crippen molar-refractivity contribution in [3.05, 3.63) is 76.2 Å². The molecule has 0 aliphatic carbocycles. The molecule has 0 aliphatic rings. The summed E-state index contributed by atoms with van der Waals surface area (Å²) < 4.78 is 0. The van der Waals surface area contributed by atoms with Gasteiger partial charge in [0.1, 0.15) is 0 Å². The molecule has 150 valence electrons. The lowest BCUT2D eigenvalue weighted by Gasteiger charge is -2.14. The zero-order chi connectivity index (χ0) is 20.6. The molecule has 3 aromatic rings. The molecule has 0 fully saturated rings. The Hall–Kier alpha value is -3.19. The fourth-order valence-electron chi connectivity index (χ4n) is 2.76. The van der Waals surface area contributed by atoms with Gasteiger partial charge in [-0.1, -0.05) is 42.5 Å². The van der Waals surface area contributed by atoms with Gasteiger partial charge in [-0.3, -0.25) is 4.79 Å². The number of hydrogen-bond acceptors (Lipinski definition) is 4. The topological polar surface area (TPSA) is 83.1 Å². The van der Waals surface area contributed by atoms with Gasteiger partial charge in [0.15, 0.2) is 0 Å². The van der Waals surface area contributed by atoms with Gasteiger partial charge in [0.2, 0.25) is 5.91 Å². The van der Waals surface area contributed by atoms with E-state index >= 15 is 0 Å². The first-order valence-electron chi connectivity index (χ1n) is 9.43. The molecule has 0 aliphatic heterocycles. The third kappa shape index (κ3) is 6.43. The van der Waals surface area contributed by atoms with Crippen LogP contribution in [0.2, 0.25) is 0 Å². The van der Waals surface area contributed by atoms with E-state index < -0.39 is 0 Å². The van der Waals surface area contributed by atoms with Gasteiger partial charge < -0.3 is 16.0 Å². The van der Waals surface area contributed by atoms with Crippen molar-refractivity contribution >= 4 is 34.6 Å². The molecule has 1 heterocycles. The number of carbonyl (C=O) groups is 2. The quantitative estimate of drug-likeness (QED) is 0.540. The maximum Gasteiger partial charge on any atom is 0.319 e. The Morgan fingerprint density at radius 1 is 0.966 bits per heavy atom. The van der Waals surface area contributed by atoms with Crippen LogP contribution in [-0.2, 0) is 17.6 Å². The van der Waals surface area contributed by atoms with E-state index in [2.05, 4.69) is 33.1 Å². The number of aromatic nitrogens is 1. The largest absolute Gasteiger partial charge is 0.336 e. The van der Waals surface area contributed by atoms with Crippen molar-refractivity contribution in [2.75, 3.05) is 10.6 Å². The lowest BCUT2D eigenvalue weighted by Crippen LogP contribution is -2.34. The third-order valence-electron chi connectivity index (χ3n) is 4.01. The number of urea groups is 1. The molecular formula is C22H24N4O2S. The Morgan fingerprint density at radius 3 is 2.31 bits per heavy atom. The molecule has 0 saturated heterocycles. The van der Waals surface area contributed by atoms with Crippen LogP contribution in [0.1, 0.15) is 30.1 Å². The molecule has 6 nitrogen and oxygen atoms in total. The normalized spacial score (nSPS) is 10.6. The molecule has 0 saturated carbocycles. The summed E-state index contributed by atoms with van der Waals surface area (Å²) >= 11 is 1.55. The van der Waals surface area contributed by atoms with Crippen LogP contribution in [0.4, 0.5) is 16.2 Å². The Labute approximate surface area is 174 Å². The standard InChI is InChI=1S/C22H24N4O2S/c1-15(2)23-22(28)26-19-11-7-6-10-18(19)25-20(27)13-17-14-29-21(24-17)12-16-8-4-3-5-9-16/h3-11,14-15H,12-13H2,1-2H3,(H,25,27)(H2,23,26,28). The van der Waals surface area contributed by atoms with Crippen molar-refractivity contribution in [2.45, 2.75) is 32.7 Å². The summed E-state index contributed by atoms with van der Waals surface area (Å²) in [6.45, 7) is 3.76. The minimum atomic E-state index is -0.313. The van der Waals surface area contributed by atoms with Gasteiger partial charge >= 0.3 is 6.03 Å². The van der Waals surface area contributed by atoms with E-state index in [1.165, 1.54) is 5.56 Å². The van der Waals surface area contributed by atoms with Crippen LogP contribution >= 0.6 is 11.3 Å². The Balaban J connectivity index is 1.59. The average Bonchev–Trinajstić information content (AvgIpc) is 3.10. The fraction of sp³-hybridized carbons (Fsp3) is 0.227. The van der Waals surface area contributed by atoms with Crippen LogP contribution in [-0.4, -0.2) is 23.0 Å². The van der Waals surface area contributed by atoms with Gasteiger partial charge in [-0.05, 0) is 31.5 Å². The summed E-state index contributed by atoms with van der Waals surface area (Å²) in [6, 6.07) is 16.9. The molecule has 0 unspecified atom stereocenters. The van der Waals surface area contributed by atoms with E-state index in [1.54, 1.807) is 29.5 Å². The van der Waals surface area contributed by atoms with Gasteiger partial charge in [-0.2, -0.15) is 0 Å². The van der Waals surface area contributed by atoms with Gasteiger partial charge in [0.05, 0.1) is 28.5 Å². The first kappa shape index (κ1) is 20.5. The maximum absolute atomic E-state index is 12.5. The Morgan fingerprint density at radius 2 is 1.62 bits per heavy atom. The summed E-state index contributed by atoms with van der Waals surface area (Å²) in [6.07, 6.45) is 0.933. The lowest BCUT2D eigenvalue weighted by atomic mass is 10.2. The molecule has 3 N–H and O–H groups in total. The maximum atomic E-state index is 12.5. The van der Waals surface area contributed by atoms with Crippen molar-refractivity contribution in [3.8, 4) is 0 Å². The van der Waals surface area contributed by atoms with E-state index in [0.29, 0.717) is 11.4 Å². The predicted octanol–water partition coefficient (Wildman–Crippen LogP) is 4.45. The van der Waals surface area contributed by atoms with Crippen LogP contribution in [0.3, 0.4) is 0 Å². The van der Waals surface area contributed by atoms with Gasteiger partial charge in [0.25, 0.3) is 0 Å². The van der Waals surface area contributed by atoms with Crippen molar-refractivity contribution in [2.24, 2.45) is 0 Å². The van der Waals surface area contributed by atoms with Gasteiger partial charge in [-0.15, -0.1) is 11.3 Å². The van der Waals surface area contributed by atoms with Gasteiger partial charge in [0, 0.05) is 17.8 Å². The highest BCUT2D eigenvalue weighted by Gasteiger charge is 2.12. The summed E-state index contributed by atoms with van der Waals surface area (Å²) in [5.74, 6) is -0.180. The molecule has 2 aromatic carbocycles. The number of thiazole rings is 1. The SMILES string of the molecule is CC(C)NC(=O)Nc1ccccc1NC(=O)Cc1csc(Cc2ccccc2)n1. The highest BCUT2D eigenvalue weighted by molar-refractivity contribution is 7.09. The number of nitrogens with one attached hydrogen (secondary N) is 3. The van der Waals surface area contributed by atoms with Gasteiger partial charge in [-0.25, -0.2) is 9.78 Å². The molecule has 0 radical (unpaired) electrons. The van der Waals surface area contributed by atoms with E-state index in [-0.39, 0.29) is 24.4 Å². The van der Waals surface area contributed by atoms with Crippen LogP contribution in [0.5, 0.6) is 0 Å². The number of carbonyl (C=O) groups excluding carboxylic acids is 2. The summed E-state index contributed by atoms with van der Waals surface area (Å²) in [4.78, 5) is 29.0. The highest BCUT2D eigenvalue weighted by Crippen LogP contribution is 2.21. The van der Waals surface area contributed by atoms with Crippen molar-refractivity contribution in [1.82, 2.24) is 10.3 Å². The predicted molar refractivity (Wildman–Crippen MR) is 117 cm³/mol. The number of benzene rings is 2. The van der Waals surface area contributed by atoms with E-state index in [4.69, 9.17) is 0 Å². The van der Waals surface area contributed by atoms with Crippen LogP contribution in [0, 0.1) is 0 Å². The fourth-order valence-corrected chi connectivity index (χ4v) is 3.59. The molecule has 0 bridgehead atoms. The summed E-state index contributed by atoms with van der Waals surface area (Å²) in [5.41, 5.74) is 3.03. The third-order valence-corrected chi connectivity index (χ3v) is 4.91. The first-order valence-corrected chi connectivity index (χ1v) is 10.3. The molecule has 29 heavy (non-hydrogen) atoms. The lowest BCUT2D eigenvalue weighted by molar-refractivity contribution is -0.115. The second-order valence-corrected chi connectivity index (χ2v) is 7.86. The van der Waals surface area contributed by atoms with E-state index in [0.717, 1.165) is 17.1 Å². The first-order chi connectivity index (χ1) is 14.0. The second-order valence-electron chi connectivity index (χ2n) is 6.92. The molecular weight excluding hydrogens is 384 g/mol.